The molecule has 0 aliphatic heterocycles. The number of benzene rings is 1. The molecule has 0 bridgehead atoms. The second-order valence-electron chi connectivity index (χ2n) is 6.52. The maximum absolute atomic E-state index is 12.6. The average molecular weight is 421 g/mol. The first-order valence-electron chi connectivity index (χ1n) is 9.24. The zero-order valence-electron chi connectivity index (χ0n) is 16.2. The Labute approximate surface area is 176 Å². The van der Waals surface area contributed by atoms with Crippen LogP contribution in [0.3, 0.4) is 0 Å². The largest absolute Gasteiger partial charge is 0.489 e. The van der Waals surface area contributed by atoms with Crippen LogP contribution in [0.1, 0.15) is 26.6 Å². The fourth-order valence-electron chi connectivity index (χ4n) is 2.78. The lowest BCUT2D eigenvalue weighted by molar-refractivity contribution is 0.0953. The number of rotatable bonds is 7. The molecular formula is C21H19N5O3S. The predicted octanol–water partition coefficient (Wildman–Crippen LogP) is 2.83. The molecule has 4 rings (SSSR count). The van der Waals surface area contributed by atoms with Crippen LogP contribution in [0, 0.1) is 6.92 Å². The number of amides is 1. The van der Waals surface area contributed by atoms with Gasteiger partial charge in [0.25, 0.3) is 11.5 Å². The summed E-state index contributed by atoms with van der Waals surface area (Å²) in [6.07, 6.45) is 3.23. The van der Waals surface area contributed by atoms with Crippen LogP contribution in [0.15, 0.2) is 65.7 Å². The molecule has 152 valence electrons. The van der Waals surface area contributed by atoms with E-state index in [-0.39, 0.29) is 11.5 Å². The maximum atomic E-state index is 12.6. The van der Waals surface area contributed by atoms with Crippen molar-refractivity contribution in [3.05, 3.63) is 93.1 Å². The van der Waals surface area contributed by atoms with E-state index in [1.54, 1.807) is 31.5 Å². The number of H-pyrrole nitrogens is 1. The van der Waals surface area contributed by atoms with Crippen molar-refractivity contribution in [3.8, 4) is 10.9 Å². The van der Waals surface area contributed by atoms with Gasteiger partial charge in [-0.25, -0.2) is 4.98 Å². The molecule has 0 fully saturated rings. The molecule has 3 heterocycles. The molecule has 2 N–H and O–H groups in total. The zero-order chi connectivity index (χ0) is 20.9. The Hall–Kier alpha value is -3.72. The molecule has 0 aliphatic carbocycles. The zero-order valence-corrected chi connectivity index (χ0v) is 17.0. The molecule has 8 nitrogen and oxygen atoms in total. The number of carbonyl (C=O) groups excluding carboxylic acids is 1. The molecule has 0 spiro atoms. The SMILES string of the molecule is Cc1nc(-n2ccc(OCc3ccccc3)cc2=O)sc1C(=O)NCc1ccn[nH]1. The second-order valence-corrected chi connectivity index (χ2v) is 7.50. The number of carbonyl (C=O) groups is 1. The quantitative estimate of drug-likeness (QED) is 0.478. The number of hydrogen-bond acceptors (Lipinski definition) is 6. The Kier molecular flexibility index (Phi) is 5.71. The molecule has 30 heavy (non-hydrogen) atoms. The van der Waals surface area contributed by atoms with Crippen molar-refractivity contribution in [3.63, 3.8) is 0 Å². The van der Waals surface area contributed by atoms with Gasteiger partial charge in [0.15, 0.2) is 5.13 Å². The number of aryl methyl sites for hydroxylation is 1. The van der Waals surface area contributed by atoms with Crippen molar-refractivity contribution in [2.24, 2.45) is 0 Å². The molecule has 3 aromatic heterocycles. The third-order valence-electron chi connectivity index (χ3n) is 4.33. The van der Waals surface area contributed by atoms with E-state index in [4.69, 9.17) is 4.74 Å². The maximum Gasteiger partial charge on any atom is 0.263 e. The van der Waals surface area contributed by atoms with Crippen molar-refractivity contribution in [2.45, 2.75) is 20.1 Å². The molecule has 0 atom stereocenters. The average Bonchev–Trinajstić information content (AvgIpc) is 3.41. The van der Waals surface area contributed by atoms with Crippen molar-refractivity contribution >= 4 is 17.2 Å². The standard InChI is InChI=1S/C21H19N5O3S/c1-14-19(20(28)22-12-16-7-9-23-25-16)30-21(24-14)26-10-8-17(11-18(26)27)29-13-15-5-3-2-4-6-15/h2-11H,12-13H2,1H3,(H,22,28)(H,23,25). The molecular weight excluding hydrogens is 402 g/mol. The van der Waals surface area contributed by atoms with Crippen molar-refractivity contribution in [1.29, 1.82) is 0 Å². The van der Waals surface area contributed by atoms with Crippen molar-refractivity contribution in [2.75, 3.05) is 0 Å². The Morgan fingerprint density at radius 2 is 2.07 bits per heavy atom. The third kappa shape index (κ3) is 4.47. The highest BCUT2D eigenvalue weighted by Gasteiger charge is 2.17. The predicted molar refractivity (Wildman–Crippen MR) is 113 cm³/mol. The lowest BCUT2D eigenvalue weighted by Gasteiger charge is -2.07. The van der Waals surface area contributed by atoms with Crippen LogP contribution in [-0.2, 0) is 13.2 Å². The number of hydrogen-bond donors (Lipinski definition) is 2. The van der Waals surface area contributed by atoms with E-state index in [2.05, 4.69) is 20.5 Å². The van der Waals surface area contributed by atoms with Gasteiger partial charge in [-0.3, -0.25) is 19.3 Å². The van der Waals surface area contributed by atoms with Crippen molar-refractivity contribution in [1.82, 2.24) is 25.1 Å². The van der Waals surface area contributed by atoms with Crippen molar-refractivity contribution < 1.29 is 9.53 Å². The van der Waals surface area contributed by atoms with E-state index in [9.17, 15) is 9.59 Å². The Morgan fingerprint density at radius 3 is 2.80 bits per heavy atom. The summed E-state index contributed by atoms with van der Waals surface area (Å²) in [6, 6.07) is 14.6. The van der Waals surface area contributed by atoms with E-state index in [1.165, 1.54) is 10.6 Å². The molecule has 9 heteroatoms. The van der Waals surface area contributed by atoms with E-state index < -0.39 is 0 Å². The number of aromatic nitrogens is 4. The van der Waals surface area contributed by atoms with Gasteiger partial charge < -0.3 is 10.1 Å². The first-order chi connectivity index (χ1) is 14.6. The molecule has 1 amide bonds. The van der Waals surface area contributed by atoms with E-state index in [0.29, 0.717) is 34.6 Å². The van der Waals surface area contributed by atoms with Gasteiger partial charge in [0, 0.05) is 18.5 Å². The Morgan fingerprint density at radius 1 is 1.23 bits per heavy atom. The molecule has 1 aromatic carbocycles. The summed E-state index contributed by atoms with van der Waals surface area (Å²) in [6.45, 7) is 2.45. The van der Waals surface area contributed by atoms with E-state index in [0.717, 1.165) is 22.6 Å². The fourth-order valence-corrected chi connectivity index (χ4v) is 3.76. The minimum atomic E-state index is -0.279. The highest BCUT2D eigenvalue weighted by Crippen LogP contribution is 2.21. The normalized spacial score (nSPS) is 10.7. The van der Waals surface area contributed by atoms with Crippen LogP contribution < -0.4 is 15.6 Å². The Bertz CT molecular complexity index is 1200. The molecule has 0 aliphatic rings. The second kappa shape index (κ2) is 8.75. The number of pyridine rings is 1. The topological polar surface area (TPSA) is 102 Å². The summed E-state index contributed by atoms with van der Waals surface area (Å²) >= 11 is 1.16. The summed E-state index contributed by atoms with van der Waals surface area (Å²) in [5.41, 5.74) is 2.10. The summed E-state index contributed by atoms with van der Waals surface area (Å²) in [4.78, 5) is 29.9. The summed E-state index contributed by atoms with van der Waals surface area (Å²) in [5.74, 6) is 0.229. The van der Waals surface area contributed by atoms with Crippen LogP contribution in [0.25, 0.3) is 5.13 Å². The summed E-state index contributed by atoms with van der Waals surface area (Å²) in [7, 11) is 0. The van der Waals surface area contributed by atoms with Crippen LogP contribution in [0.4, 0.5) is 0 Å². The van der Waals surface area contributed by atoms with E-state index in [1.807, 2.05) is 30.3 Å². The highest BCUT2D eigenvalue weighted by molar-refractivity contribution is 7.16. The molecule has 4 aromatic rings. The molecule has 0 saturated carbocycles. The van der Waals surface area contributed by atoms with Gasteiger partial charge in [-0.2, -0.15) is 5.10 Å². The summed E-state index contributed by atoms with van der Waals surface area (Å²) < 4.78 is 7.10. The van der Waals surface area contributed by atoms with Gasteiger partial charge in [0.1, 0.15) is 17.2 Å². The number of thiazole rings is 1. The Balaban J connectivity index is 1.46. The highest BCUT2D eigenvalue weighted by atomic mass is 32.1. The molecule has 0 unspecified atom stereocenters. The van der Waals surface area contributed by atoms with Crippen LogP contribution >= 0.6 is 11.3 Å². The number of nitrogens with zero attached hydrogens (tertiary/aromatic N) is 3. The monoisotopic (exact) mass is 421 g/mol. The fraction of sp³-hybridized carbons (Fsp3) is 0.143. The smallest absolute Gasteiger partial charge is 0.263 e. The number of nitrogens with one attached hydrogen (secondary N) is 2. The van der Waals surface area contributed by atoms with Gasteiger partial charge in [0.2, 0.25) is 0 Å². The van der Waals surface area contributed by atoms with Gasteiger partial charge in [-0.05, 0) is 24.6 Å². The van der Waals surface area contributed by atoms with Crippen LogP contribution in [-0.4, -0.2) is 25.7 Å². The first-order valence-corrected chi connectivity index (χ1v) is 10.1. The lowest BCUT2D eigenvalue weighted by Crippen LogP contribution is -2.22. The third-order valence-corrected chi connectivity index (χ3v) is 5.49. The van der Waals surface area contributed by atoms with Crippen LogP contribution in [0.5, 0.6) is 5.75 Å². The number of aromatic amines is 1. The van der Waals surface area contributed by atoms with Gasteiger partial charge in [0.05, 0.1) is 17.9 Å². The van der Waals surface area contributed by atoms with Gasteiger partial charge in [-0.1, -0.05) is 41.7 Å². The first kappa shape index (κ1) is 19.6. The van der Waals surface area contributed by atoms with Gasteiger partial charge >= 0.3 is 0 Å². The van der Waals surface area contributed by atoms with Gasteiger partial charge in [-0.15, -0.1) is 0 Å². The number of ether oxygens (including phenoxy) is 1. The minimum absolute atomic E-state index is 0.248. The molecule has 0 radical (unpaired) electrons. The molecule has 0 saturated heterocycles. The van der Waals surface area contributed by atoms with E-state index >= 15 is 0 Å². The summed E-state index contributed by atoms with van der Waals surface area (Å²) in [5, 5.41) is 9.88. The minimum Gasteiger partial charge on any atom is -0.489 e. The lowest BCUT2D eigenvalue weighted by atomic mass is 10.2. The van der Waals surface area contributed by atoms with Crippen LogP contribution in [0.2, 0.25) is 0 Å².